The van der Waals surface area contributed by atoms with Gasteiger partial charge in [0.15, 0.2) is 5.16 Å². The van der Waals surface area contributed by atoms with E-state index in [1.54, 1.807) is 41.0 Å². The maximum absolute atomic E-state index is 13.0. The van der Waals surface area contributed by atoms with Crippen molar-refractivity contribution in [2.24, 2.45) is 5.92 Å². The van der Waals surface area contributed by atoms with Crippen LogP contribution in [0, 0.1) is 5.92 Å². The largest absolute Gasteiger partial charge is 0.323 e. The molecule has 9 heteroatoms. The van der Waals surface area contributed by atoms with E-state index >= 15 is 0 Å². The van der Waals surface area contributed by atoms with Gasteiger partial charge in [-0.15, -0.1) is 0 Å². The van der Waals surface area contributed by atoms with Crippen molar-refractivity contribution in [1.82, 2.24) is 9.55 Å². The van der Waals surface area contributed by atoms with Gasteiger partial charge in [0, 0.05) is 11.6 Å². The summed E-state index contributed by atoms with van der Waals surface area (Å²) in [6.45, 7) is 4.50. The van der Waals surface area contributed by atoms with Crippen LogP contribution in [0.25, 0.3) is 10.9 Å². The quantitative estimate of drug-likeness (QED) is 0.368. The van der Waals surface area contributed by atoms with E-state index in [-0.39, 0.29) is 23.1 Å². The number of nitrogens with zero attached hydrogens (tertiary/aromatic N) is 2. The molecule has 29 heavy (non-hydrogen) atoms. The van der Waals surface area contributed by atoms with E-state index in [1.165, 1.54) is 11.8 Å². The van der Waals surface area contributed by atoms with E-state index in [2.05, 4.69) is 10.3 Å². The van der Waals surface area contributed by atoms with Crippen molar-refractivity contribution in [2.75, 3.05) is 11.1 Å². The van der Waals surface area contributed by atoms with Crippen LogP contribution in [0.3, 0.4) is 0 Å². The minimum atomic E-state index is -0.299. The van der Waals surface area contributed by atoms with Crippen molar-refractivity contribution in [2.45, 2.75) is 25.5 Å². The number of thioether (sulfide) groups is 1. The molecule has 0 unspecified atom stereocenters. The first-order chi connectivity index (χ1) is 13.8. The number of carbonyl (C=O) groups is 1. The summed E-state index contributed by atoms with van der Waals surface area (Å²) in [6, 6.07) is 9.99. The number of hydrogen-bond acceptors (Lipinski definition) is 4. The number of fused-ring (bicyclic) bond motifs is 1. The monoisotopic (exact) mass is 469 g/mol. The van der Waals surface area contributed by atoms with Crippen molar-refractivity contribution in [3.8, 4) is 0 Å². The van der Waals surface area contributed by atoms with Crippen LogP contribution in [0.5, 0.6) is 0 Å². The van der Waals surface area contributed by atoms with Crippen LogP contribution < -0.4 is 10.9 Å². The Morgan fingerprint density at radius 1 is 1.17 bits per heavy atom. The molecular weight excluding hydrogens is 453 g/mol. The second-order valence-corrected chi connectivity index (χ2v) is 8.99. The Morgan fingerprint density at radius 2 is 1.86 bits per heavy atom. The number of amides is 1. The summed E-state index contributed by atoms with van der Waals surface area (Å²) in [5.41, 5.74) is 0.724. The number of nitrogens with one attached hydrogen (secondary N) is 1. The molecule has 0 aliphatic heterocycles. The fourth-order valence-electron chi connectivity index (χ4n) is 2.73. The van der Waals surface area contributed by atoms with Crippen LogP contribution in [0.1, 0.15) is 13.8 Å². The van der Waals surface area contributed by atoms with Gasteiger partial charge in [0.25, 0.3) is 5.56 Å². The smallest absolute Gasteiger partial charge is 0.262 e. The van der Waals surface area contributed by atoms with Crippen LogP contribution in [0.2, 0.25) is 15.1 Å². The standard InChI is InChI=1S/C20H18Cl3N3O2S/c1-11(2)9-26-19(28)13-8-12(21)6-7-16(13)24-20(26)29-10-17(27)25-18-14(22)4-3-5-15(18)23/h3-8,11H,9-10H2,1-2H3,(H,25,27). The Hall–Kier alpha value is -1.73. The second-order valence-electron chi connectivity index (χ2n) is 6.80. The third-order valence-electron chi connectivity index (χ3n) is 3.99. The normalized spacial score (nSPS) is 11.2. The Morgan fingerprint density at radius 3 is 2.52 bits per heavy atom. The van der Waals surface area contributed by atoms with E-state index in [0.717, 1.165) is 0 Å². The maximum Gasteiger partial charge on any atom is 0.262 e. The number of anilines is 1. The van der Waals surface area contributed by atoms with Crippen molar-refractivity contribution in [3.63, 3.8) is 0 Å². The van der Waals surface area contributed by atoms with Gasteiger partial charge >= 0.3 is 0 Å². The van der Waals surface area contributed by atoms with Crippen molar-refractivity contribution >= 4 is 69.1 Å². The number of benzene rings is 2. The summed E-state index contributed by atoms with van der Waals surface area (Å²) in [5.74, 6) is -0.0293. The SMILES string of the molecule is CC(C)Cn1c(SCC(=O)Nc2c(Cl)cccc2Cl)nc2ccc(Cl)cc2c1=O. The molecule has 5 nitrogen and oxygen atoms in total. The molecule has 0 saturated heterocycles. The topological polar surface area (TPSA) is 64.0 Å². The van der Waals surface area contributed by atoms with Crippen LogP contribution in [0.15, 0.2) is 46.3 Å². The lowest BCUT2D eigenvalue weighted by molar-refractivity contribution is -0.113. The average Bonchev–Trinajstić information content (AvgIpc) is 2.66. The van der Waals surface area contributed by atoms with E-state index in [0.29, 0.717) is 43.4 Å². The third-order valence-corrected chi connectivity index (χ3v) is 5.83. The molecule has 1 aromatic heterocycles. The summed E-state index contributed by atoms with van der Waals surface area (Å²) in [7, 11) is 0. The Labute approximate surface area is 187 Å². The molecule has 3 aromatic rings. The van der Waals surface area contributed by atoms with Gasteiger partial charge in [-0.2, -0.15) is 0 Å². The lowest BCUT2D eigenvalue weighted by Crippen LogP contribution is -2.26. The summed E-state index contributed by atoms with van der Waals surface area (Å²) in [4.78, 5) is 30.0. The Balaban J connectivity index is 1.87. The van der Waals surface area contributed by atoms with Crippen LogP contribution in [0.4, 0.5) is 5.69 Å². The highest BCUT2D eigenvalue weighted by Gasteiger charge is 2.16. The maximum atomic E-state index is 13.0. The van der Waals surface area contributed by atoms with Gasteiger partial charge < -0.3 is 5.32 Å². The van der Waals surface area contributed by atoms with Gasteiger partial charge in [0.2, 0.25) is 5.91 Å². The molecule has 0 bridgehead atoms. The minimum Gasteiger partial charge on any atom is -0.323 e. The van der Waals surface area contributed by atoms with Gasteiger partial charge in [-0.3, -0.25) is 14.2 Å². The molecule has 1 heterocycles. The number of hydrogen-bond donors (Lipinski definition) is 1. The molecule has 0 radical (unpaired) electrons. The lowest BCUT2D eigenvalue weighted by Gasteiger charge is -2.15. The van der Waals surface area contributed by atoms with E-state index in [1.807, 2.05) is 13.8 Å². The summed E-state index contributed by atoms with van der Waals surface area (Å²) in [5, 5.41) is 4.82. The average molecular weight is 471 g/mol. The molecule has 1 N–H and O–H groups in total. The molecular formula is C20H18Cl3N3O2S. The molecule has 0 aliphatic rings. The summed E-state index contributed by atoms with van der Waals surface area (Å²) >= 11 is 19.4. The molecule has 152 valence electrons. The molecule has 0 saturated carbocycles. The molecule has 1 amide bonds. The van der Waals surface area contributed by atoms with Crippen molar-refractivity contribution in [3.05, 3.63) is 61.8 Å². The number of carbonyl (C=O) groups excluding carboxylic acids is 1. The van der Waals surface area contributed by atoms with E-state index in [9.17, 15) is 9.59 Å². The highest BCUT2D eigenvalue weighted by molar-refractivity contribution is 7.99. The Kier molecular flexibility index (Phi) is 7.11. The van der Waals surface area contributed by atoms with Gasteiger partial charge in [-0.05, 0) is 36.2 Å². The fraction of sp³-hybridized carbons (Fsp3) is 0.250. The van der Waals surface area contributed by atoms with Crippen LogP contribution >= 0.6 is 46.6 Å². The number of aromatic nitrogens is 2. The number of para-hydroxylation sites is 1. The zero-order chi connectivity index (χ0) is 21.1. The third kappa shape index (κ3) is 5.25. The van der Waals surface area contributed by atoms with Crippen LogP contribution in [-0.2, 0) is 11.3 Å². The predicted octanol–water partition coefficient (Wildman–Crippen LogP) is 5.74. The second kappa shape index (κ2) is 9.39. The molecule has 0 fully saturated rings. The van der Waals surface area contributed by atoms with Crippen molar-refractivity contribution < 1.29 is 4.79 Å². The first kappa shape index (κ1) is 22.0. The van der Waals surface area contributed by atoms with E-state index in [4.69, 9.17) is 34.8 Å². The number of rotatable bonds is 6. The van der Waals surface area contributed by atoms with Gasteiger partial charge in [-0.1, -0.05) is 66.5 Å². The first-order valence-electron chi connectivity index (χ1n) is 8.83. The Bertz CT molecular complexity index is 1110. The summed E-state index contributed by atoms with van der Waals surface area (Å²) < 4.78 is 1.59. The molecule has 0 spiro atoms. The van der Waals surface area contributed by atoms with Crippen LogP contribution in [-0.4, -0.2) is 21.2 Å². The fourth-order valence-corrected chi connectivity index (χ4v) is 4.20. The van der Waals surface area contributed by atoms with Gasteiger partial charge in [0.1, 0.15) is 0 Å². The highest BCUT2D eigenvalue weighted by atomic mass is 35.5. The first-order valence-corrected chi connectivity index (χ1v) is 10.9. The summed E-state index contributed by atoms with van der Waals surface area (Å²) in [6.07, 6.45) is 0. The predicted molar refractivity (Wildman–Crippen MR) is 122 cm³/mol. The zero-order valence-corrected chi connectivity index (χ0v) is 18.8. The highest BCUT2D eigenvalue weighted by Crippen LogP contribution is 2.30. The molecule has 3 rings (SSSR count). The van der Waals surface area contributed by atoms with Gasteiger partial charge in [-0.25, -0.2) is 4.98 Å². The van der Waals surface area contributed by atoms with Gasteiger partial charge in [0.05, 0.1) is 32.4 Å². The zero-order valence-electron chi connectivity index (χ0n) is 15.7. The molecule has 0 atom stereocenters. The molecule has 0 aliphatic carbocycles. The van der Waals surface area contributed by atoms with E-state index < -0.39 is 0 Å². The number of halogens is 3. The van der Waals surface area contributed by atoms with Crippen molar-refractivity contribution in [1.29, 1.82) is 0 Å². The lowest BCUT2D eigenvalue weighted by atomic mass is 10.2. The minimum absolute atomic E-state index is 0.0468. The molecule has 2 aromatic carbocycles.